The van der Waals surface area contributed by atoms with Gasteiger partial charge in [0.05, 0.1) is 4.88 Å². The molecule has 1 aliphatic heterocycles. The molecule has 2 aromatic heterocycles. The number of rotatable bonds is 3. The van der Waals surface area contributed by atoms with Crippen molar-refractivity contribution in [1.29, 1.82) is 0 Å². The Bertz CT molecular complexity index is 880. The fourth-order valence-electron chi connectivity index (χ4n) is 2.85. The summed E-state index contributed by atoms with van der Waals surface area (Å²) in [5, 5.41) is 1.91. The summed E-state index contributed by atoms with van der Waals surface area (Å²) >= 11 is 1.45. The van der Waals surface area contributed by atoms with Gasteiger partial charge in [0.1, 0.15) is 5.76 Å². The Labute approximate surface area is 137 Å². The second-order valence-corrected chi connectivity index (χ2v) is 6.30. The highest BCUT2D eigenvalue weighted by molar-refractivity contribution is 7.12. The van der Waals surface area contributed by atoms with E-state index in [1.807, 2.05) is 40.6 Å². The topological polar surface area (TPSA) is 50.5 Å². The van der Waals surface area contributed by atoms with Crippen molar-refractivity contribution in [2.45, 2.75) is 6.42 Å². The van der Waals surface area contributed by atoms with Gasteiger partial charge in [-0.2, -0.15) is 0 Å². The first-order valence-corrected chi connectivity index (χ1v) is 8.18. The Morgan fingerprint density at radius 3 is 2.87 bits per heavy atom. The standard InChI is InChI=1S/C18H13NO3S/c20-11-14-5-6-16(22-14)13-4-3-12-7-8-19(15(12)10-13)18(21)17-2-1-9-23-17/h1-6,9-11H,7-8H2. The summed E-state index contributed by atoms with van der Waals surface area (Å²) in [5.41, 5.74) is 2.94. The largest absolute Gasteiger partial charge is 0.453 e. The molecule has 114 valence electrons. The highest BCUT2D eigenvalue weighted by Crippen LogP contribution is 2.34. The number of anilines is 1. The van der Waals surface area contributed by atoms with Gasteiger partial charge in [0.2, 0.25) is 0 Å². The fraction of sp³-hybridized carbons (Fsp3) is 0.111. The number of hydrogen-bond donors (Lipinski definition) is 0. The molecule has 1 aliphatic rings. The van der Waals surface area contributed by atoms with E-state index in [1.54, 1.807) is 12.1 Å². The molecule has 0 atom stereocenters. The Morgan fingerprint density at radius 2 is 2.13 bits per heavy atom. The Balaban J connectivity index is 1.71. The molecule has 0 spiro atoms. The zero-order valence-electron chi connectivity index (χ0n) is 12.2. The van der Waals surface area contributed by atoms with Crippen LogP contribution in [0.4, 0.5) is 5.69 Å². The number of benzene rings is 1. The van der Waals surface area contributed by atoms with Gasteiger partial charge >= 0.3 is 0 Å². The van der Waals surface area contributed by atoms with Crippen LogP contribution in [0.25, 0.3) is 11.3 Å². The minimum Gasteiger partial charge on any atom is -0.453 e. The minimum atomic E-state index is 0.0314. The highest BCUT2D eigenvalue weighted by atomic mass is 32.1. The van der Waals surface area contributed by atoms with Crippen molar-refractivity contribution in [1.82, 2.24) is 0 Å². The van der Waals surface area contributed by atoms with E-state index in [0.29, 0.717) is 24.4 Å². The predicted octanol–water partition coefficient (Wildman–Crippen LogP) is 4.02. The lowest BCUT2D eigenvalue weighted by molar-refractivity contribution is 0.0993. The lowest BCUT2D eigenvalue weighted by atomic mass is 10.1. The van der Waals surface area contributed by atoms with E-state index in [-0.39, 0.29) is 5.91 Å². The van der Waals surface area contributed by atoms with E-state index in [0.717, 1.165) is 28.1 Å². The molecular weight excluding hydrogens is 310 g/mol. The number of fused-ring (bicyclic) bond motifs is 1. The van der Waals surface area contributed by atoms with Gasteiger partial charge in [-0.05, 0) is 41.6 Å². The molecule has 3 heterocycles. The van der Waals surface area contributed by atoms with Crippen molar-refractivity contribution < 1.29 is 14.0 Å². The maximum Gasteiger partial charge on any atom is 0.268 e. The van der Waals surface area contributed by atoms with Crippen LogP contribution in [0.15, 0.2) is 52.3 Å². The van der Waals surface area contributed by atoms with E-state index in [4.69, 9.17) is 4.42 Å². The second-order valence-electron chi connectivity index (χ2n) is 5.35. The summed E-state index contributed by atoms with van der Waals surface area (Å²) in [6, 6.07) is 13.1. The number of hydrogen-bond acceptors (Lipinski definition) is 4. The molecule has 0 aliphatic carbocycles. The number of carbonyl (C=O) groups excluding carboxylic acids is 2. The average Bonchev–Trinajstić information content (AvgIpc) is 3.32. The van der Waals surface area contributed by atoms with E-state index in [1.165, 1.54) is 11.3 Å². The van der Waals surface area contributed by atoms with Crippen LogP contribution >= 0.6 is 11.3 Å². The Hall–Kier alpha value is -2.66. The van der Waals surface area contributed by atoms with Gasteiger partial charge < -0.3 is 9.32 Å². The molecule has 4 rings (SSSR count). The summed E-state index contributed by atoms with van der Waals surface area (Å²) in [5.74, 6) is 0.960. The fourth-order valence-corrected chi connectivity index (χ4v) is 3.52. The van der Waals surface area contributed by atoms with E-state index in [9.17, 15) is 9.59 Å². The number of thiophene rings is 1. The van der Waals surface area contributed by atoms with Crippen LogP contribution in [-0.4, -0.2) is 18.7 Å². The molecule has 0 unspecified atom stereocenters. The smallest absolute Gasteiger partial charge is 0.268 e. The normalized spacial score (nSPS) is 13.1. The lowest BCUT2D eigenvalue weighted by Crippen LogP contribution is -2.28. The zero-order valence-corrected chi connectivity index (χ0v) is 13.0. The molecule has 0 radical (unpaired) electrons. The molecule has 0 bridgehead atoms. The molecule has 1 amide bonds. The summed E-state index contributed by atoms with van der Waals surface area (Å²) in [7, 11) is 0. The van der Waals surface area contributed by atoms with Gasteiger partial charge in [-0.1, -0.05) is 18.2 Å². The Morgan fingerprint density at radius 1 is 1.22 bits per heavy atom. The monoisotopic (exact) mass is 323 g/mol. The second kappa shape index (κ2) is 5.52. The number of amides is 1. The SMILES string of the molecule is O=Cc1ccc(-c2ccc3c(c2)N(C(=O)c2cccs2)CC3)o1. The number of furan rings is 1. The van der Waals surface area contributed by atoms with Crippen molar-refractivity contribution in [2.75, 3.05) is 11.4 Å². The number of carbonyl (C=O) groups is 2. The first-order chi connectivity index (χ1) is 11.3. The van der Waals surface area contributed by atoms with Gasteiger partial charge in [-0.25, -0.2) is 0 Å². The summed E-state index contributed by atoms with van der Waals surface area (Å²) in [6.45, 7) is 0.688. The summed E-state index contributed by atoms with van der Waals surface area (Å²) < 4.78 is 5.48. The van der Waals surface area contributed by atoms with Crippen LogP contribution < -0.4 is 4.90 Å². The molecular formula is C18H13NO3S. The van der Waals surface area contributed by atoms with Crippen molar-refractivity contribution in [3.05, 3.63) is 64.0 Å². The van der Waals surface area contributed by atoms with Crippen LogP contribution in [0.2, 0.25) is 0 Å². The first kappa shape index (κ1) is 14.0. The predicted molar refractivity (Wildman–Crippen MR) is 89.2 cm³/mol. The van der Waals surface area contributed by atoms with Crippen molar-refractivity contribution in [3.63, 3.8) is 0 Å². The van der Waals surface area contributed by atoms with Crippen LogP contribution in [0.5, 0.6) is 0 Å². The third-order valence-electron chi connectivity index (χ3n) is 3.99. The third-order valence-corrected chi connectivity index (χ3v) is 4.84. The van der Waals surface area contributed by atoms with Gasteiger partial charge in [-0.3, -0.25) is 9.59 Å². The maximum atomic E-state index is 12.6. The Kier molecular flexibility index (Phi) is 3.35. The summed E-state index contributed by atoms with van der Waals surface area (Å²) in [6.07, 6.45) is 1.54. The van der Waals surface area contributed by atoms with Crippen LogP contribution in [0.1, 0.15) is 25.8 Å². The molecule has 23 heavy (non-hydrogen) atoms. The van der Waals surface area contributed by atoms with Gasteiger partial charge in [0, 0.05) is 17.8 Å². The van der Waals surface area contributed by atoms with Crippen molar-refractivity contribution in [3.8, 4) is 11.3 Å². The van der Waals surface area contributed by atoms with Crippen LogP contribution in [0.3, 0.4) is 0 Å². The molecule has 0 saturated carbocycles. The molecule has 4 nitrogen and oxygen atoms in total. The van der Waals surface area contributed by atoms with Gasteiger partial charge in [0.25, 0.3) is 5.91 Å². The van der Waals surface area contributed by atoms with E-state index >= 15 is 0 Å². The number of aldehydes is 1. The van der Waals surface area contributed by atoms with Crippen LogP contribution in [-0.2, 0) is 6.42 Å². The highest BCUT2D eigenvalue weighted by Gasteiger charge is 2.26. The van der Waals surface area contributed by atoms with E-state index < -0.39 is 0 Å². The van der Waals surface area contributed by atoms with Gasteiger partial charge in [0.15, 0.2) is 12.0 Å². The molecule has 0 saturated heterocycles. The number of nitrogens with zero attached hydrogens (tertiary/aromatic N) is 1. The van der Waals surface area contributed by atoms with Crippen molar-refractivity contribution in [2.24, 2.45) is 0 Å². The summed E-state index contributed by atoms with van der Waals surface area (Å²) in [4.78, 5) is 26.0. The van der Waals surface area contributed by atoms with Crippen molar-refractivity contribution >= 4 is 29.2 Å². The minimum absolute atomic E-state index is 0.0314. The zero-order chi connectivity index (χ0) is 15.8. The molecule has 1 aromatic carbocycles. The lowest BCUT2D eigenvalue weighted by Gasteiger charge is -2.17. The van der Waals surface area contributed by atoms with Crippen LogP contribution in [0, 0.1) is 0 Å². The molecule has 0 fully saturated rings. The molecule has 5 heteroatoms. The quantitative estimate of drug-likeness (QED) is 0.684. The maximum absolute atomic E-state index is 12.6. The molecule has 3 aromatic rings. The first-order valence-electron chi connectivity index (χ1n) is 7.30. The van der Waals surface area contributed by atoms with E-state index in [2.05, 4.69) is 0 Å². The average molecular weight is 323 g/mol. The van der Waals surface area contributed by atoms with Gasteiger partial charge in [-0.15, -0.1) is 11.3 Å². The molecule has 0 N–H and O–H groups in total. The third kappa shape index (κ3) is 2.39.